The van der Waals surface area contributed by atoms with Crippen molar-refractivity contribution in [3.05, 3.63) is 0 Å². The molecule has 1 rings (SSSR count). The summed E-state index contributed by atoms with van der Waals surface area (Å²) in [4.78, 5) is 25.1. The van der Waals surface area contributed by atoms with Crippen molar-refractivity contribution in [1.29, 1.82) is 0 Å². The predicted octanol–water partition coefficient (Wildman–Crippen LogP) is 0.540. The topological polar surface area (TPSA) is 58.6 Å². The highest BCUT2D eigenvalue weighted by Crippen LogP contribution is 2.04. The Labute approximate surface area is 102 Å². The third-order valence-corrected chi connectivity index (χ3v) is 2.44. The van der Waals surface area contributed by atoms with Gasteiger partial charge in [0.25, 0.3) is 0 Å². The number of rotatable bonds is 3. The standard InChI is InChI=1S/C12H22N2O3/c1-12(2,3)13-10(15)4-5-11(16)14-6-8-17-9-7-14/h4-9H2,1-3H3,(H,13,15). The van der Waals surface area contributed by atoms with Gasteiger partial charge in [-0.2, -0.15) is 0 Å². The average molecular weight is 242 g/mol. The number of morpholine rings is 1. The van der Waals surface area contributed by atoms with E-state index in [9.17, 15) is 9.59 Å². The molecule has 1 N–H and O–H groups in total. The summed E-state index contributed by atoms with van der Waals surface area (Å²) in [5.41, 5.74) is -0.237. The molecular formula is C12H22N2O3. The fourth-order valence-electron chi connectivity index (χ4n) is 1.67. The Balaban J connectivity index is 2.25. The Hall–Kier alpha value is -1.10. The van der Waals surface area contributed by atoms with Gasteiger partial charge in [0.15, 0.2) is 0 Å². The first-order valence-electron chi connectivity index (χ1n) is 6.05. The number of hydrogen-bond donors (Lipinski definition) is 1. The average Bonchev–Trinajstić information content (AvgIpc) is 2.25. The summed E-state index contributed by atoms with van der Waals surface area (Å²) in [6.07, 6.45) is 0.537. The molecule has 0 aliphatic carbocycles. The second kappa shape index (κ2) is 6.00. The summed E-state index contributed by atoms with van der Waals surface area (Å²) in [5.74, 6) is -0.0310. The molecule has 0 atom stereocenters. The van der Waals surface area contributed by atoms with Gasteiger partial charge in [0, 0.05) is 31.5 Å². The molecule has 17 heavy (non-hydrogen) atoms. The van der Waals surface area contributed by atoms with Gasteiger partial charge in [-0.05, 0) is 20.8 Å². The largest absolute Gasteiger partial charge is 0.378 e. The first kappa shape index (κ1) is 14.0. The first-order chi connectivity index (χ1) is 7.88. The number of nitrogens with one attached hydrogen (secondary N) is 1. The van der Waals surface area contributed by atoms with E-state index in [4.69, 9.17) is 4.74 Å². The van der Waals surface area contributed by atoms with Crippen molar-refractivity contribution >= 4 is 11.8 Å². The van der Waals surface area contributed by atoms with Gasteiger partial charge in [-0.25, -0.2) is 0 Å². The molecule has 0 aromatic rings. The van der Waals surface area contributed by atoms with Crippen LogP contribution < -0.4 is 5.32 Å². The second-order valence-corrected chi connectivity index (χ2v) is 5.29. The summed E-state index contributed by atoms with van der Waals surface area (Å²) < 4.78 is 5.17. The summed E-state index contributed by atoms with van der Waals surface area (Å²) in [6, 6.07) is 0. The molecular weight excluding hydrogens is 220 g/mol. The Morgan fingerprint density at radius 1 is 1.18 bits per heavy atom. The van der Waals surface area contributed by atoms with Crippen LogP contribution in [0.1, 0.15) is 33.6 Å². The molecule has 0 bridgehead atoms. The highest BCUT2D eigenvalue weighted by Gasteiger charge is 2.19. The van der Waals surface area contributed by atoms with E-state index in [2.05, 4.69) is 5.32 Å². The van der Waals surface area contributed by atoms with E-state index in [1.165, 1.54) is 0 Å². The van der Waals surface area contributed by atoms with Gasteiger partial charge in [0.1, 0.15) is 0 Å². The lowest BCUT2D eigenvalue weighted by Crippen LogP contribution is -2.43. The van der Waals surface area contributed by atoms with Gasteiger partial charge in [-0.3, -0.25) is 9.59 Å². The van der Waals surface area contributed by atoms with E-state index in [-0.39, 0.29) is 30.2 Å². The first-order valence-corrected chi connectivity index (χ1v) is 6.05. The monoisotopic (exact) mass is 242 g/mol. The van der Waals surface area contributed by atoms with Gasteiger partial charge in [-0.15, -0.1) is 0 Å². The zero-order chi connectivity index (χ0) is 12.9. The van der Waals surface area contributed by atoms with Crippen molar-refractivity contribution in [3.8, 4) is 0 Å². The van der Waals surface area contributed by atoms with Crippen LogP contribution in [0.5, 0.6) is 0 Å². The SMILES string of the molecule is CC(C)(C)NC(=O)CCC(=O)N1CCOCC1. The van der Waals surface area contributed by atoms with Crippen LogP contribution in [0.3, 0.4) is 0 Å². The summed E-state index contributed by atoms with van der Waals surface area (Å²) in [5, 5.41) is 2.84. The van der Waals surface area contributed by atoms with E-state index in [0.717, 1.165) is 0 Å². The number of amides is 2. The third kappa shape index (κ3) is 5.68. The number of carbonyl (C=O) groups is 2. The number of nitrogens with zero attached hydrogens (tertiary/aromatic N) is 1. The van der Waals surface area contributed by atoms with E-state index >= 15 is 0 Å². The van der Waals surface area contributed by atoms with Crippen LogP contribution in [-0.4, -0.2) is 48.6 Å². The van der Waals surface area contributed by atoms with Crippen LogP contribution in [-0.2, 0) is 14.3 Å². The summed E-state index contributed by atoms with van der Waals surface area (Å²) >= 11 is 0. The third-order valence-electron chi connectivity index (χ3n) is 2.44. The van der Waals surface area contributed by atoms with Gasteiger partial charge < -0.3 is 15.0 Å². The van der Waals surface area contributed by atoms with Crippen molar-refractivity contribution in [1.82, 2.24) is 10.2 Å². The molecule has 0 radical (unpaired) electrons. The Kier molecular flexibility index (Phi) is 4.93. The van der Waals surface area contributed by atoms with Gasteiger partial charge in [-0.1, -0.05) is 0 Å². The smallest absolute Gasteiger partial charge is 0.223 e. The second-order valence-electron chi connectivity index (χ2n) is 5.29. The predicted molar refractivity (Wildman–Crippen MR) is 64.5 cm³/mol. The minimum Gasteiger partial charge on any atom is -0.378 e. The lowest BCUT2D eigenvalue weighted by Gasteiger charge is -2.27. The van der Waals surface area contributed by atoms with Gasteiger partial charge >= 0.3 is 0 Å². The summed E-state index contributed by atoms with van der Waals surface area (Å²) in [6.45, 7) is 8.25. The fourth-order valence-corrected chi connectivity index (χ4v) is 1.67. The number of carbonyl (C=O) groups excluding carboxylic acids is 2. The highest BCUT2D eigenvalue weighted by molar-refractivity contribution is 5.84. The molecule has 1 aliphatic rings. The number of ether oxygens (including phenoxy) is 1. The zero-order valence-electron chi connectivity index (χ0n) is 10.9. The number of hydrogen-bond acceptors (Lipinski definition) is 3. The van der Waals surface area contributed by atoms with E-state index in [0.29, 0.717) is 26.3 Å². The molecule has 0 unspecified atom stereocenters. The van der Waals surface area contributed by atoms with Crippen LogP contribution >= 0.6 is 0 Å². The van der Waals surface area contributed by atoms with Crippen molar-refractivity contribution in [3.63, 3.8) is 0 Å². The molecule has 5 nitrogen and oxygen atoms in total. The molecule has 0 saturated carbocycles. The zero-order valence-corrected chi connectivity index (χ0v) is 10.9. The maximum absolute atomic E-state index is 11.8. The maximum atomic E-state index is 11.8. The maximum Gasteiger partial charge on any atom is 0.223 e. The molecule has 5 heteroatoms. The fraction of sp³-hybridized carbons (Fsp3) is 0.833. The van der Waals surface area contributed by atoms with Crippen molar-refractivity contribution < 1.29 is 14.3 Å². The van der Waals surface area contributed by atoms with Crippen LogP contribution in [0.25, 0.3) is 0 Å². The van der Waals surface area contributed by atoms with Gasteiger partial charge in [0.2, 0.25) is 11.8 Å². The van der Waals surface area contributed by atoms with Crippen LogP contribution in [0.15, 0.2) is 0 Å². The molecule has 1 aliphatic heterocycles. The minimum atomic E-state index is -0.237. The van der Waals surface area contributed by atoms with Crippen molar-refractivity contribution in [2.45, 2.75) is 39.2 Å². The lowest BCUT2D eigenvalue weighted by molar-refractivity contribution is -0.137. The van der Waals surface area contributed by atoms with E-state index in [1.807, 2.05) is 20.8 Å². The normalized spacial score (nSPS) is 16.8. The molecule has 98 valence electrons. The molecule has 0 aromatic carbocycles. The van der Waals surface area contributed by atoms with E-state index in [1.54, 1.807) is 4.90 Å². The molecule has 2 amide bonds. The molecule has 1 heterocycles. The quantitative estimate of drug-likeness (QED) is 0.786. The van der Waals surface area contributed by atoms with Crippen LogP contribution in [0.2, 0.25) is 0 Å². The molecule has 0 aromatic heterocycles. The Morgan fingerprint density at radius 2 is 1.76 bits per heavy atom. The summed E-state index contributed by atoms with van der Waals surface area (Å²) in [7, 11) is 0. The minimum absolute atomic E-state index is 0.0392. The van der Waals surface area contributed by atoms with Crippen LogP contribution in [0.4, 0.5) is 0 Å². The lowest BCUT2D eigenvalue weighted by atomic mass is 10.1. The van der Waals surface area contributed by atoms with Crippen molar-refractivity contribution in [2.75, 3.05) is 26.3 Å². The van der Waals surface area contributed by atoms with Crippen molar-refractivity contribution in [2.24, 2.45) is 0 Å². The molecule has 1 saturated heterocycles. The molecule has 1 fully saturated rings. The Bertz CT molecular complexity index is 278. The highest BCUT2D eigenvalue weighted by atomic mass is 16.5. The Morgan fingerprint density at radius 3 is 2.29 bits per heavy atom. The molecule has 0 spiro atoms. The van der Waals surface area contributed by atoms with E-state index < -0.39 is 0 Å². The van der Waals surface area contributed by atoms with Gasteiger partial charge in [0.05, 0.1) is 13.2 Å². The van der Waals surface area contributed by atoms with Crippen LogP contribution in [0, 0.1) is 0 Å².